The number of benzene rings is 1. The highest BCUT2D eigenvalue weighted by Crippen LogP contribution is 2.33. The lowest BCUT2D eigenvalue weighted by atomic mass is 9.87. The molecule has 25 heavy (non-hydrogen) atoms. The van der Waals surface area contributed by atoms with E-state index in [1.807, 2.05) is 0 Å². The van der Waals surface area contributed by atoms with Crippen molar-refractivity contribution >= 4 is 21.6 Å². The van der Waals surface area contributed by atoms with Crippen LogP contribution in [0.5, 0.6) is 0 Å². The smallest absolute Gasteiger partial charge is 0.260 e. The molecule has 1 N–H and O–H groups in total. The number of aromatic amines is 1. The van der Waals surface area contributed by atoms with Gasteiger partial charge in [0, 0.05) is 10.4 Å². The lowest BCUT2D eigenvalue weighted by molar-refractivity contribution is 0.590. The van der Waals surface area contributed by atoms with Gasteiger partial charge in [0.1, 0.15) is 10.7 Å². The van der Waals surface area contributed by atoms with Gasteiger partial charge >= 0.3 is 0 Å². The summed E-state index contributed by atoms with van der Waals surface area (Å²) >= 11 is 1.71. The summed E-state index contributed by atoms with van der Waals surface area (Å²) in [6.07, 6.45) is 5.75. The molecule has 3 nitrogen and oxygen atoms in total. The van der Waals surface area contributed by atoms with Crippen molar-refractivity contribution in [1.29, 1.82) is 0 Å². The fraction of sp³-hybridized carbons (Fsp3) is 0.429. The summed E-state index contributed by atoms with van der Waals surface area (Å²) in [5.41, 5.74) is 3.63. The molecule has 0 fully saturated rings. The van der Waals surface area contributed by atoms with Crippen molar-refractivity contribution in [3.8, 4) is 11.4 Å². The Morgan fingerprint density at radius 1 is 1.04 bits per heavy atom. The Kier molecular flexibility index (Phi) is 4.03. The number of hydrogen-bond donors (Lipinski definition) is 1. The minimum Gasteiger partial charge on any atom is -0.306 e. The molecule has 0 saturated carbocycles. The van der Waals surface area contributed by atoms with Crippen LogP contribution in [0.3, 0.4) is 0 Å². The van der Waals surface area contributed by atoms with E-state index in [1.165, 1.54) is 35.3 Å². The topological polar surface area (TPSA) is 45.8 Å². The van der Waals surface area contributed by atoms with Gasteiger partial charge in [-0.3, -0.25) is 4.79 Å². The molecule has 1 aromatic carbocycles. The maximum Gasteiger partial charge on any atom is 0.260 e. The Labute approximate surface area is 152 Å². The number of rotatable bonds is 1. The lowest BCUT2D eigenvalue weighted by Crippen LogP contribution is -2.11. The fourth-order valence-electron chi connectivity index (χ4n) is 3.61. The Balaban J connectivity index is 1.80. The van der Waals surface area contributed by atoms with Crippen LogP contribution in [0.1, 0.15) is 56.0 Å². The molecular formula is C21H24N2OS. The van der Waals surface area contributed by atoms with E-state index in [9.17, 15) is 4.79 Å². The van der Waals surface area contributed by atoms with Gasteiger partial charge in [-0.1, -0.05) is 51.5 Å². The van der Waals surface area contributed by atoms with E-state index in [4.69, 9.17) is 4.98 Å². The zero-order valence-electron chi connectivity index (χ0n) is 15.1. The SMILES string of the molecule is CC(C)(C)c1ccc(-c2nc3sc4c(c3c(=O)[nH]2)CCCCC4)cc1. The molecule has 4 heteroatoms. The summed E-state index contributed by atoms with van der Waals surface area (Å²) in [6.45, 7) is 6.60. The molecule has 0 bridgehead atoms. The summed E-state index contributed by atoms with van der Waals surface area (Å²) in [7, 11) is 0. The van der Waals surface area contributed by atoms with Gasteiger partial charge in [0.15, 0.2) is 0 Å². The third-order valence-corrected chi connectivity index (χ3v) is 6.29. The van der Waals surface area contributed by atoms with E-state index in [-0.39, 0.29) is 11.0 Å². The van der Waals surface area contributed by atoms with Crippen molar-refractivity contribution in [2.24, 2.45) is 0 Å². The van der Waals surface area contributed by atoms with Gasteiger partial charge in [-0.05, 0) is 42.2 Å². The first-order valence-electron chi connectivity index (χ1n) is 9.09. The highest BCUT2D eigenvalue weighted by Gasteiger charge is 2.19. The van der Waals surface area contributed by atoms with Crippen molar-refractivity contribution in [2.75, 3.05) is 0 Å². The molecular weight excluding hydrogens is 328 g/mol. The second-order valence-corrected chi connectivity index (χ2v) is 9.07. The Morgan fingerprint density at radius 3 is 2.48 bits per heavy atom. The number of fused-ring (bicyclic) bond motifs is 3. The van der Waals surface area contributed by atoms with Crippen LogP contribution >= 0.6 is 11.3 Å². The van der Waals surface area contributed by atoms with Crippen molar-refractivity contribution < 1.29 is 0 Å². The zero-order chi connectivity index (χ0) is 17.6. The number of aromatic nitrogens is 2. The van der Waals surface area contributed by atoms with Gasteiger partial charge in [-0.15, -0.1) is 11.3 Å². The predicted octanol–water partition coefficient (Wildman–Crippen LogP) is 5.22. The molecule has 0 saturated heterocycles. The standard InChI is InChI=1S/C21H24N2OS/c1-21(2,3)14-11-9-13(10-12-14)18-22-19(24)17-15-7-5-4-6-8-16(15)25-20(17)23-18/h9-12H,4-8H2,1-3H3,(H,22,23,24). The van der Waals surface area contributed by atoms with E-state index >= 15 is 0 Å². The number of nitrogens with one attached hydrogen (secondary N) is 1. The molecule has 0 radical (unpaired) electrons. The molecule has 4 rings (SSSR count). The third kappa shape index (κ3) is 3.04. The highest BCUT2D eigenvalue weighted by molar-refractivity contribution is 7.18. The average molecular weight is 353 g/mol. The second kappa shape index (κ2) is 6.10. The Bertz CT molecular complexity index is 974. The van der Waals surface area contributed by atoms with Crippen LogP contribution in [-0.2, 0) is 18.3 Å². The second-order valence-electron chi connectivity index (χ2n) is 7.99. The van der Waals surface area contributed by atoms with E-state index < -0.39 is 0 Å². The molecule has 0 atom stereocenters. The third-order valence-electron chi connectivity index (χ3n) is 5.10. The molecule has 1 aliphatic carbocycles. The Morgan fingerprint density at radius 2 is 1.76 bits per heavy atom. The van der Waals surface area contributed by atoms with Crippen LogP contribution in [-0.4, -0.2) is 9.97 Å². The molecule has 2 heterocycles. The number of H-pyrrole nitrogens is 1. The first kappa shape index (κ1) is 16.5. The summed E-state index contributed by atoms with van der Waals surface area (Å²) in [5.74, 6) is 0.675. The quantitative estimate of drug-likeness (QED) is 0.610. The van der Waals surface area contributed by atoms with Crippen LogP contribution < -0.4 is 5.56 Å². The molecule has 1 aliphatic rings. The number of nitrogens with zero attached hydrogens (tertiary/aromatic N) is 1. The van der Waals surface area contributed by atoms with E-state index in [2.05, 4.69) is 50.0 Å². The van der Waals surface area contributed by atoms with Crippen molar-refractivity contribution in [1.82, 2.24) is 9.97 Å². The van der Waals surface area contributed by atoms with Crippen LogP contribution in [0.15, 0.2) is 29.1 Å². The van der Waals surface area contributed by atoms with Crippen LogP contribution in [0.2, 0.25) is 0 Å². The van der Waals surface area contributed by atoms with Gasteiger partial charge in [-0.25, -0.2) is 4.98 Å². The molecule has 3 aromatic rings. The van der Waals surface area contributed by atoms with E-state index in [1.54, 1.807) is 11.3 Å². The Hall–Kier alpha value is -1.94. The van der Waals surface area contributed by atoms with Gasteiger partial charge in [-0.2, -0.15) is 0 Å². The molecule has 0 amide bonds. The molecule has 0 aliphatic heterocycles. The summed E-state index contributed by atoms with van der Waals surface area (Å²) in [6, 6.07) is 8.37. The molecule has 130 valence electrons. The highest BCUT2D eigenvalue weighted by atomic mass is 32.1. The number of aryl methyl sites for hydroxylation is 2. The fourth-order valence-corrected chi connectivity index (χ4v) is 4.87. The normalized spacial score (nSPS) is 15.2. The largest absolute Gasteiger partial charge is 0.306 e. The van der Waals surface area contributed by atoms with Crippen LogP contribution in [0, 0.1) is 0 Å². The first-order chi connectivity index (χ1) is 11.9. The van der Waals surface area contributed by atoms with Gasteiger partial charge in [0.05, 0.1) is 5.39 Å². The summed E-state index contributed by atoms with van der Waals surface area (Å²) in [4.78, 5) is 22.8. The lowest BCUT2D eigenvalue weighted by Gasteiger charge is -2.19. The minimum atomic E-state index is 0.0132. The van der Waals surface area contributed by atoms with Gasteiger partial charge in [0.2, 0.25) is 0 Å². The zero-order valence-corrected chi connectivity index (χ0v) is 15.9. The van der Waals surface area contributed by atoms with Crippen LogP contribution in [0.25, 0.3) is 21.6 Å². The molecule has 0 unspecified atom stereocenters. The number of thiophene rings is 1. The number of hydrogen-bond acceptors (Lipinski definition) is 3. The van der Waals surface area contributed by atoms with Crippen molar-refractivity contribution in [3.05, 3.63) is 50.6 Å². The van der Waals surface area contributed by atoms with Gasteiger partial charge in [0.25, 0.3) is 5.56 Å². The van der Waals surface area contributed by atoms with E-state index in [0.717, 1.165) is 28.6 Å². The molecule has 2 aromatic heterocycles. The first-order valence-corrected chi connectivity index (χ1v) is 9.90. The van der Waals surface area contributed by atoms with Crippen LogP contribution in [0.4, 0.5) is 0 Å². The predicted molar refractivity (Wildman–Crippen MR) is 106 cm³/mol. The monoisotopic (exact) mass is 352 g/mol. The summed E-state index contributed by atoms with van der Waals surface area (Å²) < 4.78 is 0. The minimum absolute atomic E-state index is 0.0132. The summed E-state index contributed by atoms with van der Waals surface area (Å²) in [5, 5.41) is 0.831. The maximum atomic E-state index is 12.8. The van der Waals surface area contributed by atoms with Crippen molar-refractivity contribution in [3.63, 3.8) is 0 Å². The molecule has 0 spiro atoms. The van der Waals surface area contributed by atoms with Crippen molar-refractivity contribution in [2.45, 2.75) is 58.3 Å². The average Bonchev–Trinajstić information content (AvgIpc) is 2.76. The van der Waals surface area contributed by atoms with E-state index in [0.29, 0.717) is 5.82 Å². The maximum absolute atomic E-state index is 12.8. The van der Waals surface area contributed by atoms with Gasteiger partial charge < -0.3 is 4.98 Å².